The summed E-state index contributed by atoms with van der Waals surface area (Å²) >= 11 is 0. The highest BCUT2D eigenvalue weighted by molar-refractivity contribution is 5.74. The third-order valence-corrected chi connectivity index (χ3v) is 3.96. The van der Waals surface area contributed by atoms with Crippen LogP contribution >= 0.6 is 0 Å². The zero-order valence-corrected chi connectivity index (χ0v) is 13.2. The number of carbonyl (C=O) groups is 1. The van der Waals surface area contributed by atoms with Crippen molar-refractivity contribution in [1.29, 1.82) is 0 Å². The normalized spacial score (nSPS) is 15.2. The summed E-state index contributed by atoms with van der Waals surface area (Å²) in [5.41, 5.74) is 4.73. The third kappa shape index (κ3) is 6.39. The summed E-state index contributed by atoms with van der Waals surface area (Å²) in [6.07, 6.45) is 9.99. The highest BCUT2D eigenvalue weighted by Gasteiger charge is 2.40. The number of aliphatic carboxylic acids is 1. The molecule has 2 N–H and O–H groups in total. The van der Waals surface area contributed by atoms with Crippen LogP contribution in [0.5, 0.6) is 0 Å². The molecule has 0 rings (SSSR count). The molecule has 0 spiro atoms. The van der Waals surface area contributed by atoms with Crippen LogP contribution in [-0.4, -0.2) is 37.3 Å². The quantitative estimate of drug-likeness (QED) is 0.353. The maximum absolute atomic E-state index is 11.3. The van der Waals surface area contributed by atoms with Crippen molar-refractivity contribution in [2.45, 2.75) is 70.4 Å². The van der Waals surface area contributed by atoms with Gasteiger partial charge in [-0.15, -0.1) is 0 Å². The molecule has 0 aromatic heterocycles. The van der Waals surface area contributed by atoms with Gasteiger partial charge in [0.2, 0.25) is 0 Å². The lowest BCUT2D eigenvalue weighted by molar-refractivity contribution is -0.916. The second-order valence-corrected chi connectivity index (χ2v) is 6.45. The highest BCUT2D eigenvalue weighted by atomic mass is 16.4. The first-order chi connectivity index (χ1) is 8.75. The lowest BCUT2D eigenvalue weighted by Gasteiger charge is -2.43. The SMILES string of the molecule is CCCCCCCCCCC(N)(C(=O)[O-])[N+](C)(C)C. The molecule has 0 aliphatic heterocycles. The number of rotatable bonds is 11. The van der Waals surface area contributed by atoms with Crippen molar-refractivity contribution in [2.24, 2.45) is 5.73 Å². The Morgan fingerprint density at radius 1 is 1.00 bits per heavy atom. The first kappa shape index (κ1) is 18.4. The zero-order valence-electron chi connectivity index (χ0n) is 13.2. The number of hydrogen-bond acceptors (Lipinski definition) is 3. The van der Waals surface area contributed by atoms with E-state index in [4.69, 9.17) is 5.73 Å². The van der Waals surface area contributed by atoms with E-state index in [9.17, 15) is 9.90 Å². The van der Waals surface area contributed by atoms with Gasteiger partial charge in [-0.2, -0.15) is 0 Å². The molecule has 0 bridgehead atoms. The molecule has 0 aromatic rings. The number of carbonyl (C=O) groups excluding carboxylic acids is 1. The van der Waals surface area contributed by atoms with Crippen LogP contribution < -0.4 is 10.8 Å². The van der Waals surface area contributed by atoms with Crippen molar-refractivity contribution in [2.75, 3.05) is 21.1 Å². The molecule has 0 saturated carbocycles. The molecule has 0 heterocycles. The fourth-order valence-corrected chi connectivity index (χ4v) is 2.24. The fourth-order valence-electron chi connectivity index (χ4n) is 2.24. The molecule has 0 fully saturated rings. The molecule has 4 nitrogen and oxygen atoms in total. The Bertz CT molecular complexity index is 261. The van der Waals surface area contributed by atoms with Crippen LogP contribution in [-0.2, 0) is 4.79 Å². The van der Waals surface area contributed by atoms with Crippen LogP contribution in [0.3, 0.4) is 0 Å². The Labute approximate surface area is 118 Å². The summed E-state index contributed by atoms with van der Waals surface area (Å²) in [5, 5.41) is 11.3. The van der Waals surface area contributed by atoms with Gasteiger partial charge in [0.15, 0.2) is 5.66 Å². The number of carboxylic acids is 1. The summed E-state index contributed by atoms with van der Waals surface area (Å²) in [5.74, 6) is -1.15. The van der Waals surface area contributed by atoms with E-state index in [1.165, 1.54) is 38.5 Å². The number of carboxylic acid groups (broad SMARTS) is 1. The van der Waals surface area contributed by atoms with Gasteiger partial charge in [-0.3, -0.25) is 5.73 Å². The second kappa shape index (κ2) is 8.54. The molecule has 19 heavy (non-hydrogen) atoms. The number of nitrogens with zero attached hydrogens (tertiary/aromatic N) is 1. The van der Waals surface area contributed by atoms with Gasteiger partial charge in [-0.1, -0.05) is 51.9 Å². The Kier molecular flexibility index (Phi) is 8.26. The minimum absolute atomic E-state index is 0.200. The van der Waals surface area contributed by atoms with Crippen LogP contribution in [0.4, 0.5) is 0 Å². The Hall–Kier alpha value is -0.610. The molecule has 1 unspecified atom stereocenters. The van der Waals surface area contributed by atoms with Crippen molar-refractivity contribution in [1.82, 2.24) is 0 Å². The van der Waals surface area contributed by atoms with Gasteiger partial charge in [-0.05, 0) is 6.42 Å². The molecular formula is C15H32N2O2. The predicted octanol–water partition coefficient (Wildman–Crippen LogP) is 1.63. The van der Waals surface area contributed by atoms with E-state index in [2.05, 4.69) is 6.92 Å². The number of unbranched alkanes of at least 4 members (excludes halogenated alkanes) is 7. The van der Waals surface area contributed by atoms with Gasteiger partial charge in [0.1, 0.15) is 5.97 Å². The maximum Gasteiger partial charge on any atom is 0.190 e. The van der Waals surface area contributed by atoms with E-state index < -0.39 is 11.6 Å². The van der Waals surface area contributed by atoms with Gasteiger partial charge in [0, 0.05) is 6.42 Å². The number of hydrogen-bond donors (Lipinski definition) is 1. The molecule has 0 aliphatic carbocycles. The average molecular weight is 272 g/mol. The number of likely N-dealkylation sites (N-methyl/N-ethyl adjacent to an activating group) is 1. The van der Waals surface area contributed by atoms with Crippen LogP contribution in [0.15, 0.2) is 0 Å². The van der Waals surface area contributed by atoms with Gasteiger partial charge in [-0.25, -0.2) is 0 Å². The average Bonchev–Trinajstić information content (AvgIpc) is 2.30. The predicted molar refractivity (Wildman–Crippen MR) is 77.2 cm³/mol. The molecule has 0 aromatic carbocycles. The molecule has 0 amide bonds. The molecule has 0 saturated heterocycles. The van der Waals surface area contributed by atoms with E-state index in [1.54, 1.807) is 21.1 Å². The molecule has 4 heteroatoms. The van der Waals surface area contributed by atoms with E-state index in [1.807, 2.05) is 0 Å². The lowest BCUT2D eigenvalue weighted by atomic mass is 9.98. The van der Waals surface area contributed by atoms with Gasteiger partial charge in [0.25, 0.3) is 0 Å². The molecule has 1 atom stereocenters. The first-order valence-electron chi connectivity index (χ1n) is 7.57. The van der Waals surface area contributed by atoms with Crippen LogP contribution in [0, 0.1) is 0 Å². The number of quaternary nitrogens is 1. The van der Waals surface area contributed by atoms with E-state index in [0.717, 1.165) is 12.8 Å². The summed E-state index contributed by atoms with van der Waals surface area (Å²) in [7, 11) is 5.42. The maximum atomic E-state index is 11.3. The van der Waals surface area contributed by atoms with Crippen molar-refractivity contribution >= 4 is 5.97 Å². The van der Waals surface area contributed by atoms with Crippen LogP contribution in [0.1, 0.15) is 64.7 Å². The van der Waals surface area contributed by atoms with Crippen molar-refractivity contribution in [3.8, 4) is 0 Å². The smallest absolute Gasteiger partial charge is 0.190 e. The molecular weight excluding hydrogens is 240 g/mol. The lowest BCUT2D eigenvalue weighted by Crippen LogP contribution is -2.71. The van der Waals surface area contributed by atoms with Crippen molar-refractivity contribution in [3.63, 3.8) is 0 Å². The van der Waals surface area contributed by atoms with Gasteiger partial charge in [0.05, 0.1) is 21.1 Å². The van der Waals surface area contributed by atoms with Crippen molar-refractivity contribution in [3.05, 3.63) is 0 Å². The highest BCUT2D eigenvalue weighted by Crippen LogP contribution is 2.20. The zero-order chi connectivity index (χ0) is 14.9. The summed E-state index contributed by atoms with van der Waals surface area (Å²) < 4.78 is 0.200. The number of nitrogens with two attached hydrogens (primary N) is 1. The van der Waals surface area contributed by atoms with E-state index >= 15 is 0 Å². The van der Waals surface area contributed by atoms with Gasteiger partial charge >= 0.3 is 0 Å². The van der Waals surface area contributed by atoms with Crippen LogP contribution in [0.25, 0.3) is 0 Å². The fraction of sp³-hybridized carbons (Fsp3) is 0.933. The topological polar surface area (TPSA) is 66.2 Å². The van der Waals surface area contributed by atoms with Gasteiger partial charge < -0.3 is 14.4 Å². The largest absolute Gasteiger partial charge is 0.543 e. The first-order valence-corrected chi connectivity index (χ1v) is 7.57. The molecule has 114 valence electrons. The minimum atomic E-state index is -1.28. The van der Waals surface area contributed by atoms with E-state index in [0.29, 0.717) is 6.42 Å². The molecule has 0 radical (unpaired) electrons. The summed E-state index contributed by atoms with van der Waals surface area (Å²) in [6, 6.07) is 0. The van der Waals surface area contributed by atoms with Crippen LogP contribution in [0.2, 0.25) is 0 Å². The van der Waals surface area contributed by atoms with E-state index in [-0.39, 0.29) is 4.48 Å². The molecule has 0 aliphatic rings. The van der Waals surface area contributed by atoms with Crippen molar-refractivity contribution < 1.29 is 14.4 Å². The standard InChI is InChI=1S/C15H32N2O2/c1-5-6-7-8-9-10-11-12-13-15(16,14(18)19)17(2,3)4/h5-13,16H2,1-4H3. The summed E-state index contributed by atoms with van der Waals surface area (Å²) in [6.45, 7) is 2.21. The minimum Gasteiger partial charge on any atom is -0.543 e. The monoisotopic (exact) mass is 272 g/mol. The Morgan fingerprint density at radius 2 is 1.42 bits per heavy atom. The Morgan fingerprint density at radius 3 is 1.79 bits per heavy atom. The summed E-state index contributed by atoms with van der Waals surface area (Å²) in [4.78, 5) is 11.3. The third-order valence-electron chi connectivity index (χ3n) is 3.96. The Balaban J connectivity index is 3.88. The second-order valence-electron chi connectivity index (χ2n) is 6.45.